The molecule has 7 nitrogen and oxygen atoms in total. The van der Waals surface area contributed by atoms with Crippen molar-refractivity contribution in [3.05, 3.63) is 71.9 Å². The zero-order valence-electron chi connectivity index (χ0n) is 16.8. The molecule has 0 fully saturated rings. The van der Waals surface area contributed by atoms with Crippen LogP contribution >= 0.6 is 11.3 Å². The number of carbonyl (C=O) groups is 1. The number of hydrogen-bond acceptors (Lipinski definition) is 5. The van der Waals surface area contributed by atoms with E-state index in [4.69, 9.17) is 0 Å². The summed E-state index contributed by atoms with van der Waals surface area (Å²) in [4.78, 5) is 17.5. The molecule has 0 saturated carbocycles. The molecule has 0 aliphatic carbocycles. The van der Waals surface area contributed by atoms with Gasteiger partial charge in [-0.2, -0.15) is 0 Å². The first kappa shape index (κ1) is 21.9. The topological polar surface area (TPSA) is 100 Å². The van der Waals surface area contributed by atoms with Gasteiger partial charge in [0.1, 0.15) is 0 Å². The zero-order valence-corrected chi connectivity index (χ0v) is 18.4. The number of sulfonamides is 1. The molecule has 1 heterocycles. The normalized spacial score (nSPS) is 11.4. The maximum Gasteiger partial charge on any atom is 0.321 e. The Balaban J connectivity index is 1.60. The van der Waals surface area contributed by atoms with E-state index in [2.05, 4.69) is 20.3 Å². The molecule has 0 aliphatic rings. The molecule has 0 bridgehead atoms. The maximum atomic E-state index is 12.3. The van der Waals surface area contributed by atoms with Crippen molar-refractivity contribution in [1.82, 2.24) is 15.0 Å². The SMILES string of the molecule is CC(C)NS(=O)(=O)Cc1ccccc1CNC(=O)Nc1ncc(-c2ccccc2)s1. The molecule has 0 unspecified atom stereocenters. The Morgan fingerprint density at radius 3 is 2.40 bits per heavy atom. The molecule has 1 aromatic heterocycles. The third-order valence-corrected chi connectivity index (χ3v) is 6.59. The van der Waals surface area contributed by atoms with Crippen molar-refractivity contribution >= 4 is 32.5 Å². The minimum absolute atomic E-state index is 0.141. The van der Waals surface area contributed by atoms with Gasteiger partial charge < -0.3 is 5.32 Å². The third-order valence-electron chi connectivity index (χ3n) is 4.10. The molecule has 158 valence electrons. The largest absolute Gasteiger partial charge is 0.334 e. The Morgan fingerprint density at radius 2 is 1.70 bits per heavy atom. The number of rotatable bonds is 8. The summed E-state index contributed by atoms with van der Waals surface area (Å²) in [6.45, 7) is 3.75. The standard InChI is InChI=1S/C21H24N4O3S2/c1-15(2)25-30(27,28)14-18-11-7-6-10-17(18)12-22-20(26)24-21-23-13-19(29-21)16-8-4-3-5-9-16/h3-11,13,15,25H,12,14H2,1-2H3,(H2,22,23,24,26). The fourth-order valence-electron chi connectivity index (χ4n) is 2.86. The van der Waals surface area contributed by atoms with Gasteiger partial charge in [0.2, 0.25) is 10.0 Å². The quantitative estimate of drug-likeness (QED) is 0.490. The highest BCUT2D eigenvalue weighted by molar-refractivity contribution is 7.88. The molecule has 0 aliphatic heterocycles. The number of carbonyl (C=O) groups excluding carboxylic acids is 1. The Hall–Kier alpha value is -2.75. The number of aromatic nitrogens is 1. The van der Waals surface area contributed by atoms with Crippen molar-refractivity contribution in [2.75, 3.05) is 5.32 Å². The van der Waals surface area contributed by atoms with Crippen LogP contribution in [0.1, 0.15) is 25.0 Å². The fraction of sp³-hybridized carbons (Fsp3) is 0.238. The van der Waals surface area contributed by atoms with E-state index in [1.54, 1.807) is 38.2 Å². The van der Waals surface area contributed by atoms with Gasteiger partial charge in [0, 0.05) is 18.8 Å². The molecule has 3 rings (SSSR count). The van der Waals surface area contributed by atoms with Crippen LogP contribution in [0.2, 0.25) is 0 Å². The number of thiazole rings is 1. The molecule has 3 N–H and O–H groups in total. The first-order valence-corrected chi connectivity index (χ1v) is 11.9. The summed E-state index contributed by atoms with van der Waals surface area (Å²) in [6.07, 6.45) is 1.72. The lowest BCUT2D eigenvalue weighted by Crippen LogP contribution is -2.32. The summed E-state index contributed by atoms with van der Waals surface area (Å²) in [5.41, 5.74) is 2.42. The smallest absolute Gasteiger partial charge is 0.321 e. The Bertz CT molecular complexity index is 1100. The van der Waals surface area contributed by atoms with E-state index < -0.39 is 16.1 Å². The van der Waals surface area contributed by atoms with Crippen molar-refractivity contribution in [3.63, 3.8) is 0 Å². The second-order valence-corrected chi connectivity index (χ2v) is 9.79. The van der Waals surface area contributed by atoms with Gasteiger partial charge >= 0.3 is 6.03 Å². The maximum absolute atomic E-state index is 12.3. The van der Waals surface area contributed by atoms with Crippen molar-refractivity contribution in [1.29, 1.82) is 0 Å². The molecule has 0 spiro atoms. The van der Waals surface area contributed by atoms with Gasteiger partial charge in [0.05, 0.1) is 10.6 Å². The van der Waals surface area contributed by atoms with Gasteiger partial charge in [-0.15, -0.1) is 0 Å². The van der Waals surface area contributed by atoms with Crippen molar-refractivity contribution < 1.29 is 13.2 Å². The van der Waals surface area contributed by atoms with Crippen LogP contribution in [0.25, 0.3) is 10.4 Å². The van der Waals surface area contributed by atoms with Gasteiger partial charge in [-0.05, 0) is 30.5 Å². The number of nitrogens with zero attached hydrogens (tertiary/aromatic N) is 1. The van der Waals surface area contributed by atoms with Crippen LogP contribution in [0.5, 0.6) is 0 Å². The molecule has 0 saturated heterocycles. The Kier molecular flexibility index (Phi) is 7.20. The highest BCUT2D eigenvalue weighted by Gasteiger charge is 2.16. The summed E-state index contributed by atoms with van der Waals surface area (Å²) >= 11 is 1.38. The van der Waals surface area contributed by atoms with Crippen LogP contribution in [-0.4, -0.2) is 25.5 Å². The minimum atomic E-state index is -3.45. The molecule has 2 aromatic carbocycles. The lowest BCUT2D eigenvalue weighted by atomic mass is 10.1. The molecule has 9 heteroatoms. The number of urea groups is 1. The fourth-order valence-corrected chi connectivity index (χ4v) is 5.17. The van der Waals surface area contributed by atoms with Gasteiger partial charge in [0.25, 0.3) is 0 Å². The van der Waals surface area contributed by atoms with E-state index in [1.165, 1.54) is 11.3 Å². The predicted molar refractivity (Wildman–Crippen MR) is 121 cm³/mol. The average Bonchev–Trinajstić information content (AvgIpc) is 3.15. The summed E-state index contributed by atoms with van der Waals surface area (Å²) < 4.78 is 27.1. The van der Waals surface area contributed by atoms with Gasteiger partial charge in [-0.3, -0.25) is 5.32 Å². The second kappa shape index (κ2) is 9.84. The first-order chi connectivity index (χ1) is 14.3. The minimum Gasteiger partial charge on any atom is -0.334 e. The lowest BCUT2D eigenvalue weighted by molar-refractivity contribution is 0.251. The van der Waals surface area contributed by atoms with E-state index in [9.17, 15) is 13.2 Å². The van der Waals surface area contributed by atoms with Crippen molar-refractivity contribution in [2.24, 2.45) is 0 Å². The Labute approximate surface area is 180 Å². The number of amides is 2. The highest BCUT2D eigenvalue weighted by atomic mass is 32.2. The monoisotopic (exact) mass is 444 g/mol. The highest BCUT2D eigenvalue weighted by Crippen LogP contribution is 2.28. The van der Waals surface area contributed by atoms with Gasteiger partial charge in [-0.1, -0.05) is 65.9 Å². The van der Waals surface area contributed by atoms with Gasteiger partial charge in [0.15, 0.2) is 5.13 Å². The average molecular weight is 445 g/mol. The lowest BCUT2D eigenvalue weighted by Gasteiger charge is -2.13. The molecular weight excluding hydrogens is 420 g/mol. The van der Waals surface area contributed by atoms with Crippen LogP contribution in [0.15, 0.2) is 60.8 Å². The number of hydrogen-bond donors (Lipinski definition) is 3. The number of nitrogens with one attached hydrogen (secondary N) is 3. The molecule has 0 atom stereocenters. The van der Waals surface area contributed by atoms with Crippen molar-refractivity contribution in [3.8, 4) is 10.4 Å². The second-order valence-electron chi connectivity index (χ2n) is 7.00. The summed E-state index contributed by atoms with van der Waals surface area (Å²) in [6, 6.07) is 16.4. The van der Waals surface area contributed by atoms with E-state index >= 15 is 0 Å². The molecule has 30 heavy (non-hydrogen) atoms. The summed E-state index contributed by atoms with van der Waals surface area (Å²) in [7, 11) is -3.45. The molecule has 0 radical (unpaired) electrons. The summed E-state index contributed by atoms with van der Waals surface area (Å²) in [5, 5.41) is 5.98. The first-order valence-electron chi connectivity index (χ1n) is 9.45. The molecule has 2 amide bonds. The van der Waals surface area contributed by atoms with Crippen LogP contribution < -0.4 is 15.4 Å². The zero-order chi connectivity index (χ0) is 21.6. The third kappa shape index (κ3) is 6.38. The van der Waals surface area contributed by atoms with Crippen LogP contribution in [-0.2, 0) is 22.3 Å². The van der Waals surface area contributed by atoms with Crippen LogP contribution in [0.4, 0.5) is 9.93 Å². The van der Waals surface area contributed by atoms with Crippen LogP contribution in [0, 0.1) is 0 Å². The van der Waals surface area contributed by atoms with E-state index in [0.29, 0.717) is 10.7 Å². The predicted octanol–water partition coefficient (Wildman–Crippen LogP) is 3.96. The molecular formula is C21H24N4O3S2. The van der Waals surface area contributed by atoms with Crippen molar-refractivity contribution in [2.45, 2.75) is 32.2 Å². The van der Waals surface area contributed by atoms with Crippen LogP contribution in [0.3, 0.4) is 0 Å². The number of benzene rings is 2. The molecule has 3 aromatic rings. The van der Waals surface area contributed by atoms with E-state index in [0.717, 1.165) is 16.0 Å². The van der Waals surface area contributed by atoms with E-state index in [-0.39, 0.29) is 18.3 Å². The number of anilines is 1. The summed E-state index contributed by atoms with van der Waals surface area (Å²) in [5.74, 6) is -0.141. The van der Waals surface area contributed by atoms with E-state index in [1.807, 2.05) is 36.4 Å². The van der Waals surface area contributed by atoms with Gasteiger partial charge in [-0.25, -0.2) is 22.9 Å². The Morgan fingerprint density at radius 1 is 1.03 bits per heavy atom.